The van der Waals surface area contributed by atoms with Gasteiger partial charge in [-0.3, -0.25) is 4.79 Å². The molecule has 13 heavy (non-hydrogen) atoms. The molecule has 0 spiro atoms. The number of hydrogen-bond donors (Lipinski definition) is 0. The van der Waals surface area contributed by atoms with Crippen LogP contribution in [-0.4, -0.2) is 11.6 Å². The van der Waals surface area contributed by atoms with Crippen molar-refractivity contribution in [1.82, 2.24) is 0 Å². The number of hydrogen-bond acceptors (Lipinski definition) is 2. The minimum absolute atomic E-state index is 0.0246. The highest BCUT2D eigenvalue weighted by Gasteiger charge is 2.26. The summed E-state index contributed by atoms with van der Waals surface area (Å²) in [5, 5.41) is 0. The molecule has 0 saturated heterocycles. The molecule has 0 heterocycles. The molecule has 0 N–H and O–H groups in total. The summed E-state index contributed by atoms with van der Waals surface area (Å²) in [6.07, 6.45) is 6.36. The molecule has 0 amide bonds. The van der Waals surface area contributed by atoms with Crippen molar-refractivity contribution in [2.75, 3.05) is 0 Å². The molecule has 0 aliphatic heterocycles. The molecule has 1 unspecified atom stereocenters. The van der Waals surface area contributed by atoms with Gasteiger partial charge in [0.05, 0.1) is 5.92 Å². The summed E-state index contributed by atoms with van der Waals surface area (Å²) < 4.78 is 5.32. The highest BCUT2D eigenvalue weighted by molar-refractivity contribution is 5.73. The van der Waals surface area contributed by atoms with Gasteiger partial charge in [0.2, 0.25) is 0 Å². The number of esters is 1. The maximum absolute atomic E-state index is 11.6. The summed E-state index contributed by atoms with van der Waals surface area (Å²) in [5.41, 5.74) is -0.339. The van der Waals surface area contributed by atoms with Gasteiger partial charge in [0.25, 0.3) is 0 Å². The Kier molecular flexibility index (Phi) is 3.34. The zero-order chi connectivity index (χ0) is 9.90. The molecule has 2 nitrogen and oxygen atoms in total. The van der Waals surface area contributed by atoms with Crippen LogP contribution in [0.5, 0.6) is 0 Å². The van der Waals surface area contributed by atoms with Gasteiger partial charge in [0.15, 0.2) is 0 Å². The number of carbonyl (C=O) groups excluding carboxylic acids is 1. The molecular weight excluding hydrogens is 164 g/mol. The summed E-state index contributed by atoms with van der Waals surface area (Å²) in [6.45, 7) is 5.74. The highest BCUT2D eigenvalue weighted by Crippen LogP contribution is 2.25. The largest absolute Gasteiger partial charge is 0.460 e. The van der Waals surface area contributed by atoms with Crippen LogP contribution in [0.3, 0.4) is 0 Å². The van der Waals surface area contributed by atoms with E-state index in [1.165, 1.54) is 0 Å². The molecule has 0 aromatic carbocycles. The maximum Gasteiger partial charge on any atom is 0.309 e. The first-order chi connectivity index (χ1) is 5.99. The van der Waals surface area contributed by atoms with Crippen molar-refractivity contribution in [3.05, 3.63) is 6.42 Å². The predicted molar refractivity (Wildman–Crippen MR) is 52.1 cm³/mol. The van der Waals surface area contributed by atoms with Crippen LogP contribution in [0, 0.1) is 12.3 Å². The molecule has 0 bridgehead atoms. The Morgan fingerprint density at radius 1 is 1.46 bits per heavy atom. The van der Waals surface area contributed by atoms with Crippen LogP contribution >= 0.6 is 0 Å². The Bertz CT molecular complexity index is 173. The van der Waals surface area contributed by atoms with E-state index in [2.05, 4.69) is 6.42 Å². The van der Waals surface area contributed by atoms with E-state index in [0.717, 1.165) is 25.7 Å². The molecule has 1 saturated carbocycles. The van der Waals surface area contributed by atoms with Gasteiger partial charge in [-0.2, -0.15) is 0 Å². The standard InChI is InChI=1S/C11H19O2/c1-11(2,3)13-10(12)9-7-5-4-6-8-9/h5,9H,4,6-8H2,1-3H3. The minimum Gasteiger partial charge on any atom is -0.460 e. The van der Waals surface area contributed by atoms with Gasteiger partial charge < -0.3 is 4.74 Å². The lowest BCUT2D eigenvalue weighted by atomic mass is 9.89. The van der Waals surface area contributed by atoms with Gasteiger partial charge in [-0.15, -0.1) is 0 Å². The first kappa shape index (κ1) is 10.6. The van der Waals surface area contributed by atoms with Crippen molar-refractivity contribution in [3.63, 3.8) is 0 Å². The quantitative estimate of drug-likeness (QED) is 0.584. The van der Waals surface area contributed by atoms with Crippen molar-refractivity contribution in [3.8, 4) is 0 Å². The average Bonchev–Trinajstić information content (AvgIpc) is 2.03. The Hall–Kier alpha value is -0.530. The molecular formula is C11H19O2. The van der Waals surface area contributed by atoms with Crippen LogP contribution in [0.1, 0.15) is 46.5 Å². The fourth-order valence-electron chi connectivity index (χ4n) is 1.54. The van der Waals surface area contributed by atoms with E-state index in [0.29, 0.717) is 0 Å². The second-order valence-electron chi connectivity index (χ2n) is 4.69. The molecule has 2 heteroatoms. The fraction of sp³-hybridized carbons (Fsp3) is 0.818. The van der Waals surface area contributed by atoms with Crippen molar-refractivity contribution in [2.24, 2.45) is 5.92 Å². The Morgan fingerprint density at radius 2 is 2.15 bits per heavy atom. The van der Waals surface area contributed by atoms with Crippen LogP contribution < -0.4 is 0 Å². The third-order valence-corrected chi connectivity index (χ3v) is 2.15. The maximum atomic E-state index is 11.6. The van der Waals surface area contributed by atoms with E-state index in [9.17, 15) is 4.79 Å². The summed E-state index contributed by atoms with van der Waals surface area (Å²) in [7, 11) is 0. The van der Waals surface area contributed by atoms with Gasteiger partial charge in [0.1, 0.15) is 5.60 Å². The number of ether oxygens (including phenoxy) is 1. The smallest absolute Gasteiger partial charge is 0.309 e. The number of carbonyl (C=O) groups is 1. The lowest BCUT2D eigenvalue weighted by molar-refractivity contribution is -0.160. The zero-order valence-electron chi connectivity index (χ0n) is 8.80. The van der Waals surface area contributed by atoms with Gasteiger partial charge in [-0.05, 0) is 40.0 Å². The first-order valence-electron chi connectivity index (χ1n) is 5.03. The van der Waals surface area contributed by atoms with E-state index in [1.807, 2.05) is 20.8 Å². The van der Waals surface area contributed by atoms with Crippen molar-refractivity contribution in [2.45, 2.75) is 52.1 Å². The van der Waals surface area contributed by atoms with Gasteiger partial charge in [-0.1, -0.05) is 12.8 Å². The van der Waals surface area contributed by atoms with Crippen molar-refractivity contribution in [1.29, 1.82) is 0 Å². The molecule has 0 aromatic rings. The van der Waals surface area contributed by atoms with E-state index in [1.54, 1.807) is 0 Å². The zero-order valence-corrected chi connectivity index (χ0v) is 8.80. The summed E-state index contributed by atoms with van der Waals surface area (Å²) in [4.78, 5) is 11.6. The fourth-order valence-corrected chi connectivity index (χ4v) is 1.54. The van der Waals surface area contributed by atoms with Gasteiger partial charge in [0, 0.05) is 0 Å². The monoisotopic (exact) mass is 183 g/mol. The van der Waals surface area contributed by atoms with Gasteiger partial charge >= 0.3 is 5.97 Å². The van der Waals surface area contributed by atoms with Crippen LogP contribution in [0.15, 0.2) is 0 Å². The van der Waals surface area contributed by atoms with E-state index >= 15 is 0 Å². The number of rotatable bonds is 1. The summed E-state index contributed by atoms with van der Waals surface area (Å²) in [6, 6.07) is 0. The normalized spacial score (nSPS) is 19.9. The molecule has 1 aliphatic carbocycles. The highest BCUT2D eigenvalue weighted by atomic mass is 16.6. The summed E-state index contributed by atoms with van der Waals surface area (Å²) in [5.74, 6) is 0.0939. The van der Waals surface area contributed by atoms with E-state index in [-0.39, 0.29) is 17.5 Å². The van der Waals surface area contributed by atoms with Crippen molar-refractivity contribution >= 4 is 5.97 Å². The topological polar surface area (TPSA) is 26.3 Å². The van der Waals surface area contributed by atoms with E-state index in [4.69, 9.17) is 4.74 Å². The Balaban J connectivity index is 2.38. The molecule has 1 radical (unpaired) electrons. The second kappa shape index (κ2) is 4.12. The van der Waals surface area contributed by atoms with Crippen LogP contribution in [-0.2, 0) is 9.53 Å². The van der Waals surface area contributed by atoms with Crippen LogP contribution in [0.25, 0.3) is 0 Å². The molecule has 1 aliphatic rings. The minimum atomic E-state index is -0.339. The first-order valence-corrected chi connectivity index (χ1v) is 5.03. The predicted octanol–water partition coefficient (Wildman–Crippen LogP) is 2.72. The molecule has 75 valence electrons. The molecule has 1 fully saturated rings. The lowest BCUT2D eigenvalue weighted by Crippen LogP contribution is -2.29. The summed E-state index contributed by atoms with van der Waals surface area (Å²) >= 11 is 0. The second-order valence-corrected chi connectivity index (χ2v) is 4.69. The lowest BCUT2D eigenvalue weighted by Gasteiger charge is -2.25. The Labute approximate surface area is 80.7 Å². The SMILES string of the molecule is CC(C)(C)OC(=O)C1C[CH]CCC1. The van der Waals surface area contributed by atoms with Crippen LogP contribution in [0.2, 0.25) is 0 Å². The average molecular weight is 183 g/mol. The van der Waals surface area contributed by atoms with Crippen LogP contribution in [0.4, 0.5) is 0 Å². The third-order valence-electron chi connectivity index (χ3n) is 2.15. The molecule has 1 rings (SSSR count). The molecule has 1 atom stereocenters. The molecule has 0 aromatic heterocycles. The third kappa shape index (κ3) is 3.79. The van der Waals surface area contributed by atoms with E-state index < -0.39 is 0 Å². The van der Waals surface area contributed by atoms with Gasteiger partial charge in [-0.25, -0.2) is 0 Å². The Morgan fingerprint density at radius 3 is 2.62 bits per heavy atom. The van der Waals surface area contributed by atoms with Crippen molar-refractivity contribution < 1.29 is 9.53 Å².